The van der Waals surface area contributed by atoms with Crippen LogP contribution in [0.1, 0.15) is 19.8 Å². The molecule has 0 aliphatic carbocycles. The standard InChI is InChI=1S/C9H15N/c1-8(2)3-4-9-5-6-10-7-9/h4,10H,1,3,5-7H2,2H3/b9-4-. The molecule has 0 atom stereocenters. The highest BCUT2D eigenvalue weighted by atomic mass is 14.9. The molecule has 0 unspecified atom stereocenters. The fraction of sp³-hybridized carbons (Fsp3) is 0.556. The summed E-state index contributed by atoms with van der Waals surface area (Å²) in [6, 6.07) is 0. The fourth-order valence-electron chi connectivity index (χ4n) is 1.08. The van der Waals surface area contributed by atoms with Crippen LogP contribution in [0, 0.1) is 0 Å². The van der Waals surface area contributed by atoms with Crippen molar-refractivity contribution >= 4 is 0 Å². The van der Waals surface area contributed by atoms with E-state index in [0.29, 0.717) is 0 Å². The van der Waals surface area contributed by atoms with Crippen LogP contribution >= 0.6 is 0 Å². The molecule has 56 valence electrons. The maximum absolute atomic E-state index is 3.85. The van der Waals surface area contributed by atoms with Gasteiger partial charge in [-0.2, -0.15) is 0 Å². The minimum Gasteiger partial charge on any atom is -0.313 e. The van der Waals surface area contributed by atoms with Gasteiger partial charge in [0.05, 0.1) is 0 Å². The zero-order chi connectivity index (χ0) is 7.40. The highest BCUT2D eigenvalue weighted by Gasteiger charge is 2.03. The number of hydrogen-bond donors (Lipinski definition) is 1. The Morgan fingerprint density at radius 2 is 2.60 bits per heavy atom. The molecule has 0 radical (unpaired) electrons. The topological polar surface area (TPSA) is 12.0 Å². The lowest BCUT2D eigenvalue weighted by atomic mass is 10.1. The SMILES string of the molecule is C=C(C)C/C=C1/CCNC1. The molecule has 0 saturated carbocycles. The smallest absolute Gasteiger partial charge is 0.0165 e. The average Bonchev–Trinajstić information content (AvgIpc) is 2.34. The zero-order valence-electron chi connectivity index (χ0n) is 6.61. The van der Waals surface area contributed by atoms with Gasteiger partial charge in [0.15, 0.2) is 0 Å². The summed E-state index contributed by atoms with van der Waals surface area (Å²) < 4.78 is 0. The molecule has 0 amide bonds. The molecule has 1 saturated heterocycles. The Labute approximate surface area is 62.8 Å². The molecule has 0 aromatic rings. The Morgan fingerprint density at radius 3 is 3.10 bits per heavy atom. The van der Waals surface area contributed by atoms with Gasteiger partial charge in [-0.05, 0) is 26.3 Å². The third-order valence-electron chi connectivity index (χ3n) is 1.71. The van der Waals surface area contributed by atoms with Crippen molar-refractivity contribution < 1.29 is 0 Å². The fourth-order valence-corrected chi connectivity index (χ4v) is 1.08. The highest BCUT2D eigenvalue weighted by Crippen LogP contribution is 2.08. The third-order valence-corrected chi connectivity index (χ3v) is 1.71. The Kier molecular flexibility index (Phi) is 2.69. The normalized spacial score (nSPS) is 21.9. The van der Waals surface area contributed by atoms with Gasteiger partial charge in [0.25, 0.3) is 0 Å². The number of allylic oxidation sites excluding steroid dienone is 2. The van der Waals surface area contributed by atoms with Gasteiger partial charge in [0.2, 0.25) is 0 Å². The van der Waals surface area contributed by atoms with Gasteiger partial charge in [-0.25, -0.2) is 0 Å². The molecule has 10 heavy (non-hydrogen) atoms. The van der Waals surface area contributed by atoms with E-state index >= 15 is 0 Å². The minimum atomic E-state index is 1.05. The molecule has 1 heterocycles. The van der Waals surface area contributed by atoms with Crippen LogP contribution in [0.2, 0.25) is 0 Å². The maximum Gasteiger partial charge on any atom is 0.0165 e. The van der Waals surface area contributed by atoms with Crippen LogP contribution in [0.4, 0.5) is 0 Å². The van der Waals surface area contributed by atoms with Gasteiger partial charge >= 0.3 is 0 Å². The van der Waals surface area contributed by atoms with Crippen molar-refractivity contribution in [2.24, 2.45) is 0 Å². The molecule has 1 nitrogen and oxygen atoms in total. The van der Waals surface area contributed by atoms with Crippen molar-refractivity contribution in [3.05, 3.63) is 23.8 Å². The Morgan fingerprint density at radius 1 is 1.80 bits per heavy atom. The van der Waals surface area contributed by atoms with Crippen LogP contribution in [-0.4, -0.2) is 13.1 Å². The number of nitrogens with one attached hydrogen (secondary N) is 1. The average molecular weight is 137 g/mol. The van der Waals surface area contributed by atoms with Crippen LogP contribution in [0.25, 0.3) is 0 Å². The molecular weight excluding hydrogens is 122 g/mol. The second kappa shape index (κ2) is 3.57. The van der Waals surface area contributed by atoms with Crippen molar-refractivity contribution in [2.45, 2.75) is 19.8 Å². The summed E-state index contributed by atoms with van der Waals surface area (Å²) >= 11 is 0. The van der Waals surface area contributed by atoms with Crippen molar-refractivity contribution in [2.75, 3.05) is 13.1 Å². The maximum atomic E-state index is 3.85. The summed E-state index contributed by atoms with van der Waals surface area (Å²) in [7, 11) is 0. The first-order valence-corrected chi connectivity index (χ1v) is 3.82. The highest BCUT2D eigenvalue weighted by molar-refractivity contribution is 5.12. The van der Waals surface area contributed by atoms with E-state index in [2.05, 4.69) is 24.9 Å². The second-order valence-electron chi connectivity index (χ2n) is 2.95. The summed E-state index contributed by atoms with van der Waals surface area (Å²) in [5, 5.41) is 3.30. The predicted octanol–water partition coefficient (Wildman–Crippen LogP) is 1.87. The van der Waals surface area contributed by atoms with Crippen molar-refractivity contribution in [1.29, 1.82) is 0 Å². The largest absolute Gasteiger partial charge is 0.313 e. The lowest BCUT2D eigenvalue weighted by Gasteiger charge is -1.93. The summed E-state index contributed by atoms with van der Waals surface area (Å²) in [6.07, 6.45) is 4.58. The van der Waals surface area contributed by atoms with Crippen molar-refractivity contribution in [1.82, 2.24) is 5.32 Å². The summed E-state index contributed by atoms with van der Waals surface area (Å²) in [6.45, 7) is 8.17. The van der Waals surface area contributed by atoms with Crippen molar-refractivity contribution in [3.63, 3.8) is 0 Å². The van der Waals surface area contributed by atoms with E-state index in [-0.39, 0.29) is 0 Å². The molecule has 1 fully saturated rings. The van der Waals surface area contributed by atoms with E-state index in [1.807, 2.05) is 0 Å². The Hall–Kier alpha value is -0.560. The van der Waals surface area contributed by atoms with E-state index in [1.165, 1.54) is 12.0 Å². The third kappa shape index (κ3) is 2.36. The molecule has 0 spiro atoms. The Bertz CT molecular complexity index is 148. The number of hydrogen-bond acceptors (Lipinski definition) is 1. The first kappa shape index (κ1) is 7.55. The van der Waals surface area contributed by atoms with Gasteiger partial charge in [-0.15, -0.1) is 0 Å². The van der Waals surface area contributed by atoms with Crippen LogP contribution < -0.4 is 5.32 Å². The monoisotopic (exact) mass is 137 g/mol. The molecule has 0 aromatic heterocycles. The summed E-state index contributed by atoms with van der Waals surface area (Å²) in [5.74, 6) is 0. The van der Waals surface area contributed by atoms with Gasteiger partial charge < -0.3 is 5.32 Å². The lowest BCUT2D eigenvalue weighted by Crippen LogP contribution is -2.04. The van der Waals surface area contributed by atoms with E-state index in [9.17, 15) is 0 Å². The van der Waals surface area contributed by atoms with E-state index in [4.69, 9.17) is 0 Å². The summed E-state index contributed by atoms with van der Waals surface area (Å²) in [4.78, 5) is 0. The van der Waals surface area contributed by atoms with E-state index in [0.717, 1.165) is 19.5 Å². The van der Waals surface area contributed by atoms with Crippen molar-refractivity contribution in [3.8, 4) is 0 Å². The molecular formula is C9H15N. The molecule has 1 heteroatoms. The lowest BCUT2D eigenvalue weighted by molar-refractivity contribution is 0.862. The molecule has 1 aliphatic rings. The minimum absolute atomic E-state index is 1.05. The molecule has 1 aliphatic heterocycles. The van der Waals surface area contributed by atoms with Crippen LogP contribution in [0.5, 0.6) is 0 Å². The zero-order valence-corrected chi connectivity index (χ0v) is 6.61. The van der Waals surface area contributed by atoms with E-state index < -0.39 is 0 Å². The first-order chi connectivity index (χ1) is 4.79. The van der Waals surface area contributed by atoms with Crippen LogP contribution in [0.3, 0.4) is 0 Å². The number of rotatable bonds is 2. The predicted molar refractivity (Wildman–Crippen MR) is 45.0 cm³/mol. The first-order valence-electron chi connectivity index (χ1n) is 3.82. The molecule has 1 rings (SSSR count). The molecule has 1 N–H and O–H groups in total. The van der Waals surface area contributed by atoms with Gasteiger partial charge in [0.1, 0.15) is 0 Å². The quantitative estimate of drug-likeness (QED) is 0.573. The summed E-state index contributed by atoms with van der Waals surface area (Å²) in [5.41, 5.74) is 2.79. The van der Waals surface area contributed by atoms with Crippen LogP contribution in [-0.2, 0) is 0 Å². The molecule has 0 bridgehead atoms. The molecule has 0 aromatic carbocycles. The van der Waals surface area contributed by atoms with Gasteiger partial charge in [-0.1, -0.05) is 23.8 Å². The van der Waals surface area contributed by atoms with Crippen LogP contribution in [0.15, 0.2) is 23.8 Å². The van der Waals surface area contributed by atoms with E-state index in [1.54, 1.807) is 5.57 Å². The van der Waals surface area contributed by atoms with Gasteiger partial charge in [-0.3, -0.25) is 0 Å². The van der Waals surface area contributed by atoms with Gasteiger partial charge in [0, 0.05) is 6.54 Å². The second-order valence-corrected chi connectivity index (χ2v) is 2.95. The Balaban J connectivity index is 2.31.